The minimum absolute atomic E-state index is 0.148. The largest absolute Gasteiger partial charge is 0.351 e. The van der Waals surface area contributed by atoms with E-state index in [4.69, 9.17) is 9.97 Å². The average molecular weight is 566 g/mol. The first kappa shape index (κ1) is 27.8. The van der Waals surface area contributed by atoms with Crippen LogP contribution in [0, 0.1) is 0 Å². The molecule has 7 nitrogen and oxygen atoms in total. The first-order valence-electron chi connectivity index (χ1n) is 14.3. The van der Waals surface area contributed by atoms with Gasteiger partial charge in [-0.25, -0.2) is 9.97 Å². The van der Waals surface area contributed by atoms with Gasteiger partial charge in [-0.1, -0.05) is 97.1 Å². The molecule has 6 rings (SSSR count). The number of amides is 2. The lowest BCUT2D eigenvalue weighted by Crippen LogP contribution is -2.36. The van der Waals surface area contributed by atoms with Crippen LogP contribution in [0.5, 0.6) is 0 Å². The standard InChI is InChI=1S/C36H31N5O2/c42-35(29-23-33(25-11-3-1-4-12-25)40-31-17-9-7-15-27(29)31)38-21-19-37-20-22-39-36(43)30-24-34(26-13-5-2-6-14-26)41-32-18-10-8-16-28(30)32/h1-18,23-24,37H,19-22H2,(H,38,42)(H,39,43). The predicted octanol–water partition coefficient (Wildman–Crippen LogP) is 5.87. The van der Waals surface area contributed by atoms with Gasteiger partial charge < -0.3 is 16.0 Å². The second-order valence-electron chi connectivity index (χ2n) is 10.1. The molecule has 0 unspecified atom stereocenters. The Bertz CT molecular complexity index is 1750. The topological polar surface area (TPSA) is 96.0 Å². The van der Waals surface area contributed by atoms with Crippen molar-refractivity contribution in [2.75, 3.05) is 26.2 Å². The molecule has 0 fully saturated rings. The molecule has 0 aliphatic heterocycles. The quantitative estimate of drug-likeness (QED) is 0.181. The molecule has 43 heavy (non-hydrogen) atoms. The van der Waals surface area contributed by atoms with Gasteiger partial charge in [0.15, 0.2) is 0 Å². The summed E-state index contributed by atoms with van der Waals surface area (Å²) in [5.41, 5.74) is 6.19. The molecule has 0 saturated heterocycles. The molecule has 6 aromatic rings. The molecule has 0 aliphatic carbocycles. The first-order valence-corrected chi connectivity index (χ1v) is 14.3. The van der Waals surface area contributed by atoms with Crippen molar-refractivity contribution in [1.29, 1.82) is 0 Å². The van der Waals surface area contributed by atoms with Gasteiger partial charge in [0.25, 0.3) is 11.8 Å². The number of aromatic nitrogens is 2. The Hall–Kier alpha value is -5.40. The fourth-order valence-electron chi connectivity index (χ4n) is 5.08. The normalized spacial score (nSPS) is 11.0. The van der Waals surface area contributed by atoms with Crippen LogP contribution in [0.25, 0.3) is 44.3 Å². The van der Waals surface area contributed by atoms with Crippen molar-refractivity contribution in [2.24, 2.45) is 0 Å². The Morgan fingerprint density at radius 1 is 0.488 bits per heavy atom. The van der Waals surface area contributed by atoms with E-state index in [0.29, 0.717) is 37.3 Å². The van der Waals surface area contributed by atoms with Gasteiger partial charge in [-0.3, -0.25) is 9.59 Å². The second kappa shape index (κ2) is 13.1. The molecule has 212 valence electrons. The third-order valence-electron chi connectivity index (χ3n) is 7.24. The summed E-state index contributed by atoms with van der Waals surface area (Å²) in [5.74, 6) is -0.297. The van der Waals surface area contributed by atoms with Crippen molar-refractivity contribution < 1.29 is 9.59 Å². The zero-order chi connectivity index (χ0) is 29.4. The number of hydrogen-bond acceptors (Lipinski definition) is 5. The van der Waals surface area contributed by atoms with Crippen molar-refractivity contribution in [2.45, 2.75) is 0 Å². The summed E-state index contributed by atoms with van der Waals surface area (Å²) in [7, 11) is 0. The molecule has 2 heterocycles. The number of hydrogen-bond donors (Lipinski definition) is 3. The molecule has 0 bridgehead atoms. The van der Waals surface area contributed by atoms with E-state index in [1.165, 1.54) is 0 Å². The van der Waals surface area contributed by atoms with E-state index < -0.39 is 0 Å². The first-order chi connectivity index (χ1) is 21.2. The summed E-state index contributed by atoms with van der Waals surface area (Å²) in [6.07, 6.45) is 0. The summed E-state index contributed by atoms with van der Waals surface area (Å²) < 4.78 is 0. The lowest BCUT2D eigenvalue weighted by molar-refractivity contribution is 0.0950. The van der Waals surface area contributed by atoms with Crippen LogP contribution in [-0.2, 0) is 0 Å². The molecule has 3 N–H and O–H groups in total. The van der Waals surface area contributed by atoms with E-state index in [-0.39, 0.29) is 11.8 Å². The van der Waals surface area contributed by atoms with Crippen molar-refractivity contribution >= 4 is 33.6 Å². The van der Waals surface area contributed by atoms with Crippen LogP contribution < -0.4 is 16.0 Å². The van der Waals surface area contributed by atoms with Gasteiger partial charge in [0.05, 0.1) is 33.5 Å². The summed E-state index contributed by atoms with van der Waals surface area (Å²) in [6, 6.07) is 38.8. The summed E-state index contributed by atoms with van der Waals surface area (Å²) in [4.78, 5) is 35.9. The molecular formula is C36H31N5O2. The molecule has 0 saturated carbocycles. The van der Waals surface area contributed by atoms with Crippen LogP contribution in [0.1, 0.15) is 20.7 Å². The fraction of sp³-hybridized carbons (Fsp3) is 0.111. The SMILES string of the molecule is O=C(NCCNCCNC(=O)c1cc(-c2ccccc2)nc2ccccc12)c1cc(-c2ccccc2)nc2ccccc12. The van der Waals surface area contributed by atoms with E-state index >= 15 is 0 Å². The minimum atomic E-state index is -0.148. The van der Waals surface area contributed by atoms with Crippen LogP contribution >= 0.6 is 0 Å². The Morgan fingerprint density at radius 3 is 1.33 bits per heavy atom. The molecule has 2 amide bonds. The van der Waals surface area contributed by atoms with Crippen molar-refractivity contribution in [3.63, 3.8) is 0 Å². The van der Waals surface area contributed by atoms with Crippen molar-refractivity contribution in [1.82, 2.24) is 25.9 Å². The lowest BCUT2D eigenvalue weighted by Gasteiger charge is -2.12. The summed E-state index contributed by atoms with van der Waals surface area (Å²) in [5, 5.41) is 10.9. The van der Waals surface area contributed by atoms with Crippen LogP contribution in [0.2, 0.25) is 0 Å². The number of carbonyl (C=O) groups excluding carboxylic acids is 2. The Kier molecular flexibility index (Phi) is 8.43. The molecule has 2 aromatic heterocycles. The molecular weight excluding hydrogens is 534 g/mol. The monoisotopic (exact) mass is 565 g/mol. The Morgan fingerprint density at radius 2 is 0.884 bits per heavy atom. The zero-order valence-corrected chi connectivity index (χ0v) is 23.6. The van der Waals surface area contributed by atoms with Crippen LogP contribution in [0.3, 0.4) is 0 Å². The Labute approximate surface area is 250 Å². The average Bonchev–Trinajstić information content (AvgIpc) is 3.07. The number of fused-ring (bicyclic) bond motifs is 2. The van der Waals surface area contributed by atoms with Crippen LogP contribution in [-0.4, -0.2) is 48.0 Å². The zero-order valence-electron chi connectivity index (χ0n) is 23.6. The minimum Gasteiger partial charge on any atom is -0.351 e. The molecule has 4 aromatic carbocycles. The summed E-state index contributed by atoms with van der Waals surface area (Å²) >= 11 is 0. The van der Waals surface area contributed by atoms with Crippen LogP contribution in [0.15, 0.2) is 121 Å². The van der Waals surface area contributed by atoms with E-state index in [0.717, 1.165) is 44.3 Å². The number of carbonyl (C=O) groups is 2. The van der Waals surface area contributed by atoms with E-state index in [2.05, 4.69) is 16.0 Å². The number of benzene rings is 4. The molecule has 7 heteroatoms. The maximum atomic E-state index is 13.2. The van der Waals surface area contributed by atoms with E-state index in [9.17, 15) is 9.59 Å². The highest BCUT2D eigenvalue weighted by molar-refractivity contribution is 6.08. The third-order valence-corrected chi connectivity index (χ3v) is 7.24. The van der Waals surface area contributed by atoms with E-state index in [1.54, 1.807) is 0 Å². The van der Waals surface area contributed by atoms with Gasteiger partial charge in [0, 0.05) is 48.1 Å². The van der Waals surface area contributed by atoms with Gasteiger partial charge in [0.2, 0.25) is 0 Å². The number of pyridine rings is 2. The smallest absolute Gasteiger partial charge is 0.252 e. The van der Waals surface area contributed by atoms with Crippen LogP contribution in [0.4, 0.5) is 0 Å². The number of para-hydroxylation sites is 2. The van der Waals surface area contributed by atoms with E-state index in [1.807, 2.05) is 121 Å². The van der Waals surface area contributed by atoms with Crippen molar-refractivity contribution in [3.05, 3.63) is 132 Å². The predicted molar refractivity (Wildman–Crippen MR) is 172 cm³/mol. The highest BCUT2D eigenvalue weighted by Crippen LogP contribution is 2.26. The maximum Gasteiger partial charge on any atom is 0.252 e. The number of nitrogens with one attached hydrogen (secondary N) is 3. The van der Waals surface area contributed by atoms with Gasteiger partial charge in [0.1, 0.15) is 0 Å². The number of rotatable bonds is 10. The van der Waals surface area contributed by atoms with Gasteiger partial charge in [-0.05, 0) is 24.3 Å². The highest BCUT2D eigenvalue weighted by atomic mass is 16.2. The highest BCUT2D eigenvalue weighted by Gasteiger charge is 2.15. The van der Waals surface area contributed by atoms with Gasteiger partial charge in [-0.2, -0.15) is 0 Å². The molecule has 0 spiro atoms. The second-order valence-corrected chi connectivity index (χ2v) is 10.1. The third kappa shape index (κ3) is 6.42. The summed E-state index contributed by atoms with van der Waals surface area (Å²) in [6.45, 7) is 2.01. The molecule has 0 atom stereocenters. The molecule has 0 aliphatic rings. The lowest BCUT2D eigenvalue weighted by atomic mass is 10.0. The fourth-order valence-corrected chi connectivity index (χ4v) is 5.08. The van der Waals surface area contributed by atoms with Crippen molar-refractivity contribution in [3.8, 4) is 22.5 Å². The Balaban J connectivity index is 1.03. The maximum absolute atomic E-state index is 13.2. The van der Waals surface area contributed by atoms with Gasteiger partial charge >= 0.3 is 0 Å². The number of nitrogens with zero attached hydrogens (tertiary/aromatic N) is 2. The van der Waals surface area contributed by atoms with Gasteiger partial charge in [-0.15, -0.1) is 0 Å². The molecule has 0 radical (unpaired) electrons.